The van der Waals surface area contributed by atoms with E-state index in [0.29, 0.717) is 18.4 Å². The highest BCUT2D eigenvalue weighted by atomic mass is 16.4. The number of rotatable bonds is 14. The maximum Gasteiger partial charge on any atom is 0.326 e. The van der Waals surface area contributed by atoms with Crippen LogP contribution in [0.3, 0.4) is 0 Å². The summed E-state index contributed by atoms with van der Waals surface area (Å²) in [6.07, 6.45) is 0.895. The topological polar surface area (TPSA) is 171 Å². The number of aromatic hydroxyl groups is 1. The average molecular weight is 541 g/mol. The van der Waals surface area contributed by atoms with Crippen molar-refractivity contribution in [3.8, 4) is 5.75 Å². The lowest BCUT2D eigenvalue weighted by atomic mass is 9.96. The molecule has 5 unspecified atom stereocenters. The summed E-state index contributed by atoms with van der Waals surface area (Å²) in [5.74, 6) is -3.57. The number of phenols is 1. The minimum atomic E-state index is -1.19. The maximum absolute atomic E-state index is 13.5. The molecule has 0 saturated carbocycles. The first-order valence-corrected chi connectivity index (χ1v) is 13.1. The van der Waals surface area contributed by atoms with E-state index < -0.39 is 53.8 Å². The number of amides is 3. The predicted octanol–water partition coefficient (Wildman–Crippen LogP) is 1.75. The van der Waals surface area contributed by atoms with Crippen molar-refractivity contribution >= 4 is 23.7 Å². The minimum Gasteiger partial charge on any atom is -0.508 e. The largest absolute Gasteiger partial charge is 0.508 e. The van der Waals surface area contributed by atoms with E-state index in [1.807, 2.05) is 44.2 Å². The number of hydrogen-bond acceptors (Lipinski definition) is 6. The van der Waals surface area contributed by atoms with Gasteiger partial charge in [0.05, 0.1) is 6.04 Å². The summed E-state index contributed by atoms with van der Waals surface area (Å²) in [6.45, 7) is 7.02. The molecule has 3 amide bonds. The molecule has 0 fully saturated rings. The first kappa shape index (κ1) is 31.3. The maximum atomic E-state index is 13.5. The van der Waals surface area contributed by atoms with Crippen molar-refractivity contribution in [1.29, 1.82) is 0 Å². The van der Waals surface area contributed by atoms with Crippen molar-refractivity contribution < 1.29 is 29.4 Å². The van der Waals surface area contributed by atoms with E-state index in [4.69, 9.17) is 5.73 Å². The average Bonchev–Trinajstić information content (AvgIpc) is 2.90. The molecule has 0 aliphatic heterocycles. The molecule has 0 aromatic heterocycles. The molecule has 0 saturated heterocycles. The number of phenolic OH excluding ortho intramolecular Hbond substituents is 1. The highest BCUT2D eigenvalue weighted by Crippen LogP contribution is 2.14. The Kier molecular flexibility index (Phi) is 11.9. The lowest BCUT2D eigenvalue weighted by molar-refractivity contribution is -0.143. The molecule has 0 aliphatic rings. The van der Waals surface area contributed by atoms with Crippen LogP contribution in [0.25, 0.3) is 0 Å². The van der Waals surface area contributed by atoms with Gasteiger partial charge in [-0.3, -0.25) is 14.4 Å². The Morgan fingerprint density at radius 3 is 1.87 bits per heavy atom. The molecule has 0 spiro atoms. The fourth-order valence-electron chi connectivity index (χ4n) is 4.03. The van der Waals surface area contributed by atoms with E-state index >= 15 is 0 Å². The molecule has 39 heavy (non-hydrogen) atoms. The zero-order chi connectivity index (χ0) is 29.1. The summed E-state index contributed by atoms with van der Waals surface area (Å²) >= 11 is 0. The Bertz CT molecular complexity index is 1110. The normalized spacial score (nSPS) is 14.9. The molecule has 10 heteroatoms. The zero-order valence-corrected chi connectivity index (χ0v) is 22.9. The summed E-state index contributed by atoms with van der Waals surface area (Å²) in [5.41, 5.74) is 7.65. The van der Waals surface area contributed by atoms with Gasteiger partial charge in [-0.2, -0.15) is 0 Å². The van der Waals surface area contributed by atoms with Crippen LogP contribution in [0.15, 0.2) is 54.6 Å². The molecule has 5 atom stereocenters. The Balaban J connectivity index is 2.24. The van der Waals surface area contributed by atoms with Crippen molar-refractivity contribution in [2.75, 3.05) is 0 Å². The number of benzene rings is 2. The van der Waals surface area contributed by atoms with Gasteiger partial charge in [0.1, 0.15) is 23.9 Å². The smallest absolute Gasteiger partial charge is 0.326 e. The Hall–Kier alpha value is -3.92. The first-order chi connectivity index (χ1) is 18.4. The van der Waals surface area contributed by atoms with Crippen LogP contribution in [0.4, 0.5) is 0 Å². The molecular formula is C29H40N4O6. The highest BCUT2D eigenvalue weighted by Gasteiger charge is 2.33. The Morgan fingerprint density at radius 2 is 1.33 bits per heavy atom. The van der Waals surface area contributed by atoms with Crippen LogP contribution in [0, 0.1) is 11.8 Å². The molecule has 0 bridgehead atoms. The van der Waals surface area contributed by atoms with Gasteiger partial charge in [0.15, 0.2) is 0 Å². The lowest BCUT2D eigenvalue weighted by Crippen LogP contribution is -2.59. The second-order valence-electron chi connectivity index (χ2n) is 10.2. The number of carboxylic acid groups (broad SMARTS) is 1. The van der Waals surface area contributed by atoms with Crippen LogP contribution in [0.5, 0.6) is 5.75 Å². The third-order valence-electron chi connectivity index (χ3n) is 6.67. The SMILES string of the molecule is CCC(C)C(NC(=O)C(N)Cc1ccccc1)C(=O)NC(Cc1ccc(O)cc1)C(=O)NC(C(=O)O)C(C)C. The van der Waals surface area contributed by atoms with Crippen LogP contribution in [-0.2, 0) is 32.0 Å². The summed E-state index contributed by atoms with van der Waals surface area (Å²) < 4.78 is 0. The molecule has 0 heterocycles. The molecule has 2 rings (SSSR count). The molecular weight excluding hydrogens is 500 g/mol. The minimum absolute atomic E-state index is 0.0387. The standard InChI is InChI=1S/C29H40N4O6/c1-5-18(4)25(33-26(35)22(30)15-19-9-7-6-8-10-19)28(37)31-23(16-20-11-13-21(34)14-12-20)27(36)32-24(17(2)3)29(38)39/h6-14,17-18,22-25,34H,5,15-16,30H2,1-4H3,(H,31,37)(H,32,36)(H,33,35)(H,38,39). The van der Waals surface area contributed by atoms with E-state index in [2.05, 4.69) is 16.0 Å². The van der Waals surface area contributed by atoms with Crippen molar-refractivity contribution in [1.82, 2.24) is 16.0 Å². The van der Waals surface area contributed by atoms with Gasteiger partial charge in [0, 0.05) is 6.42 Å². The quantitative estimate of drug-likeness (QED) is 0.212. The highest BCUT2D eigenvalue weighted by molar-refractivity contribution is 5.94. The summed E-state index contributed by atoms with van der Waals surface area (Å²) in [6, 6.07) is 11.3. The van der Waals surface area contributed by atoms with E-state index in [9.17, 15) is 29.4 Å². The number of hydrogen-bond donors (Lipinski definition) is 6. The number of carbonyl (C=O) groups is 4. The molecule has 2 aromatic rings. The summed E-state index contributed by atoms with van der Waals surface area (Å²) in [5, 5.41) is 27.1. The van der Waals surface area contributed by atoms with Crippen LogP contribution >= 0.6 is 0 Å². The number of nitrogens with one attached hydrogen (secondary N) is 3. The monoisotopic (exact) mass is 540 g/mol. The van der Waals surface area contributed by atoms with E-state index in [-0.39, 0.29) is 18.1 Å². The summed E-state index contributed by atoms with van der Waals surface area (Å²) in [4.78, 5) is 51.3. The summed E-state index contributed by atoms with van der Waals surface area (Å²) in [7, 11) is 0. The first-order valence-electron chi connectivity index (χ1n) is 13.1. The van der Waals surface area contributed by atoms with Crippen LogP contribution in [0.2, 0.25) is 0 Å². The van der Waals surface area contributed by atoms with Gasteiger partial charge in [-0.25, -0.2) is 4.79 Å². The van der Waals surface area contributed by atoms with Gasteiger partial charge in [0.2, 0.25) is 17.7 Å². The molecule has 0 radical (unpaired) electrons. The molecule has 0 aliphatic carbocycles. The Labute approximate surface area is 229 Å². The Morgan fingerprint density at radius 1 is 0.769 bits per heavy atom. The third kappa shape index (κ3) is 9.72. The molecule has 212 valence electrons. The van der Waals surface area contributed by atoms with Crippen LogP contribution < -0.4 is 21.7 Å². The van der Waals surface area contributed by atoms with Gasteiger partial charge in [-0.1, -0.05) is 76.6 Å². The van der Waals surface area contributed by atoms with Gasteiger partial charge in [0.25, 0.3) is 0 Å². The fourth-order valence-corrected chi connectivity index (χ4v) is 4.03. The predicted molar refractivity (Wildman–Crippen MR) is 148 cm³/mol. The third-order valence-corrected chi connectivity index (χ3v) is 6.67. The van der Waals surface area contributed by atoms with E-state index in [0.717, 1.165) is 5.56 Å². The van der Waals surface area contributed by atoms with Crippen LogP contribution in [-0.4, -0.2) is 58.1 Å². The van der Waals surface area contributed by atoms with Crippen molar-refractivity contribution in [2.24, 2.45) is 17.6 Å². The fraction of sp³-hybridized carbons (Fsp3) is 0.448. The number of carboxylic acids is 1. The van der Waals surface area contributed by atoms with Crippen molar-refractivity contribution in [3.05, 3.63) is 65.7 Å². The zero-order valence-electron chi connectivity index (χ0n) is 22.9. The number of nitrogens with two attached hydrogens (primary N) is 1. The van der Waals surface area contributed by atoms with Gasteiger partial charge < -0.3 is 31.9 Å². The van der Waals surface area contributed by atoms with Crippen molar-refractivity contribution in [2.45, 2.75) is 71.1 Å². The number of aliphatic carboxylic acids is 1. The van der Waals surface area contributed by atoms with Crippen LogP contribution in [0.1, 0.15) is 45.2 Å². The lowest BCUT2D eigenvalue weighted by Gasteiger charge is -2.28. The van der Waals surface area contributed by atoms with E-state index in [1.165, 1.54) is 12.1 Å². The van der Waals surface area contributed by atoms with Crippen molar-refractivity contribution in [3.63, 3.8) is 0 Å². The number of carbonyl (C=O) groups excluding carboxylic acids is 3. The van der Waals surface area contributed by atoms with Gasteiger partial charge in [-0.15, -0.1) is 0 Å². The molecule has 7 N–H and O–H groups in total. The second-order valence-corrected chi connectivity index (χ2v) is 10.2. The second kappa shape index (κ2) is 14.9. The van der Waals surface area contributed by atoms with Gasteiger partial charge >= 0.3 is 5.97 Å². The van der Waals surface area contributed by atoms with E-state index in [1.54, 1.807) is 26.0 Å². The molecule has 10 nitrogen and oxygen atoms in total. The van der Waals surface area contributed by atoms with Gasteiger partial charge in [-0.05, 0) is 41.5 Å². The molecule has 2 aromatic carbocycles.